The third-order valence-electron chi connectivity index (χ3n) is 6.09. The van der Waals surface area contributed by atoms with Crippen LogP contribution in [-0.2, 0) is 0 Å². The van der Waals surface area contributed by atoms with Crippen LogP contribution >= 0.6 is 34.5 Å². The molecule has 1 amide bonds. The van der Waals surface area contributed by atoms with Gasteiger partial charge in [0.1, 0.15) is 18.1 Å². The lowest BCUT2D eigenvalue weighted by Crippen LogP contribution is -2.42. The molecule has 3 unspecified atom stereocenters. The van der Waals surface area contributed by atoms with Gasteiger partial charge in [-0.15, -0.1) is 11.3 Å². The van der Waals surface area contributed by atoms with E-state index in [1.54, 1.807) is 23.7 Å². The maximum atomic E-state index is 14.3. The molecule has 4 rings (SSSR count). The lowest BCUT2D eigenvalue weighted by atomic mass is 10.0. The van der Waals surface area contributed by atoms with Crippen LogP contribution in [0.25, 0.3) is 10.2 Å². The summed E-state index contributed by atoms with van der Waals surface area (Å²) in [6, 6.07) is 10.9. The lowest BCUT2D eigenvalue weighted by molar-refractivity contribution is -0.00177. The SMILES string of the molecule is CC(C)(O)C(F)CNC(=O)c1cnc(Nc2ccc3ncsc3c2)cc1NC(c1cc(Cl)cc(Cl)c1)C(O)CO. The Morgan fingerprint density at radius 3 is 2.52 bits per heavy atom. The fourth-order valence-corrected chi connectivity index (χ4v) is 5.12. The highest BCUT2D eigenvalue weighted by Gasteiger charge is 2.28. The molecule has 0 spiro atoms. The summed E-state index contributed by atoms with van der Waals surface area (Å²) >= 11 is 13.9. The highest BCUT2D eigenvalue weighted by molar-refractivity contribution is 7.16. The first-order chi connectivity index (χ1) is 18.9. The number of fused-ring (bicyclic) bond motifs is 1. The average Bonchev–Trinajstić information content (AvgIpc) is 3.36. The molecule has 0 fully saturated rings. The maximum Gasteiger partial charge on any atom is 0.255 e. The quantitative estimate of drug-likeness (QED) is 0.139. The average molecular weight is 609 g/mol. The van der Waals surface area contributed by atoms with Gasteiger partial charge in [0.2, 0.25) is 0 Å². The number of nitrogens with one attached hydrogen (secondary N) is 3. The van der Waals surface area contributed by atoms with Gasteiger partial charge in [0.05, 0.1) is 51.8 Å². The Labute approximate surface area is 244 Å². The molecule has 2 aromatic heterocycles. The zero-order chi connectivity index (χ0) is 29.0. The number of aliphatic hydroxyl groups excluding tert-OH is 2. The largest absolute Gasteiger partial charge is 0.394 e. The number of anilines is 3. The Morgan fingerprint density at radius 2 is 1.85 bits per heavy atom. The molecule has 0 aliphatic carbocycles. The van der Waals surface area contributed by atoms with Crippen molar-refractivity contribution < 1.29 is 24.5 Å². The van der Waals surface area contributed by atoms with E-state index in [0.29, 0.717) is 21.4 Å². The molecule has 0 saturated heterocycles. The Kier molecular flexibility index (Phi) is 9.44. The Balaban J connectivity index is 1.69. The molecule has 0 radical (unpaired) electrons. The molecule has 0 aliphatic rings. The standard InChI is InChI=1S/C27H28Cl2FN5O4S/c1-27(2,39)23(30)11-32-26(38)18-10-31-24(34-17-3-4-19-22(8-17)40-13-33-19)9-20(18)35-25(21(37)12-36)14-5-15(28)7-16(29)6-14/h3-10,13,21,23,25,36-37,39H,11-12H2,1-2H3,(H,32,38)(H2,31,34,35). The highest BCUT2D eigenvalue weighted by Crippen LogP contribution is 2.32. The zero-order valence-corrected chi connectivity index (χ0v) is 23.9. The summed E-state index contributed by atoms with van der Waals surface area (Å²) in [6.45, 7) is 1.56. The summed E-state index contributed by atoms with van der Waals surface area (Å²) < 4.78 is 15.3. The number of rotatable bonds is 11. The number of thiazole rings is 1. The molecule has 9 nitrogen and oxygen atoms in total. The number of carbonyl (C=O) groups is 1. The molecular formula is C27H28Cl2FN5O4S. The van der Waals surface area contributed by atoms with Gasteiger partial charge in [-0.05, 0) is 55.8 Å². The van der Waals surface area contributed by atoms with Crippen LogP contribution in [0.4, 0.5) is 21.6 Å². The normalized spacial score (nSPS) is 14.0. The van der Waals surface area contributed by atoms with E-state index in [4.69, 9.17) is 23.2 Å². The van der Waals surface area contributed by atoms with Gasteiger partial charge >= 0.3 is 0 Å². The van der Waals surface area contributed by atoms with Crippen molar-refractivity contribution in [3.05, 3.63) is 75.3 Å². The van der Waals surface area contributed by atoms with Gasteiger partial charge in [0.25, 0.3) is 5.91 Å². The van der Waals surface area contributed by atoms with Gasteiger partial charge in [-0.2, -0.15) is 0 Å². The van der Waals surface area contributed by atoms with Crippen molar-refractivity contribution in [3.8, 4) is 0 Å². The van der Waals surface area contributed by atoms with Crippen LogP contribution in [0.3, 0.4) is 0 Å². The zero-order valence-electron chi connectivity index (χ0n) is 21.5. The number of aliphatic hydroxyl groups is 3. The van der Waals surface area contributed by atoms with E-state index in [1.807, 2.05) is 18.2 Å². The minimum absolute atomic E-state index is 0.0367. The molecule has 0 saturated carbocycles. The van der Waals surface area contributed by atoms with E-state index < -0.39 is 43.0 Å². The van der Waals surface area contributed by atoms with Gasteiger partial charge in [0, 0.05) is 28.0 Å². The van der Waals surface area contributed by atoms with Gasteiger partial charge in [-0.3, -0.25) is 4.79 Å². The van der Waals surface area contributed by atoms with E-state index in [1.165, 1.54) is 37.4 Å². The number of pyridine rings is 1. The van der Waals surface area contributed by atoms with Crippen molar-refractivity contribution in [2.24, 2.45) is 0 Å². The third kappa shape index (κ3) is 7.36. The van der Waals surface area contributed by atoms with Gasteiger partial charge in [-0.1, -0.05) is 23.2 Å². The van der Waals surface area contributed by atoms with E-state index in [9.17, 15) is 24.5 Å². The van der Waals surface area contributed by atoms with Crippen molar-refractivity contribution in [1.29, 1.82) is 0 Å². The predicted molar refractivity (Wildman–Crippen MR) is 157 cm³/mol. The van der Waals surface area contributed by atoms with Crippen LogP contribution in [0.1, 0.15) is 35.8 Å². The Bertz CT molecular complexity index is 1480. The van der Waals surface area contributed by atoms with Crippen LogP contribution < -0.4 is 16.0 Å². The van der Waals surface area contributed by atoms with Crippen molar-refractivity contribution in [3.63, 3.8) is 0 Å². The summed E-state index contributed by atoms with van der Waals surface area (Å²) in [4.78, 5) is 21.8. The van der Waals surface area contributed by atoms with E-state index in [0.717, 1.165) is 15.9 Å². The van der Waals surface area contributed by atoms with Gasteiger partial charge < -0.3 is 31.3 Å². The summed E-state index contributed by atoms with van der Waals surface area (Å²) in [7, 11) is 0. The molecule has 40 heavy (non-hydrogen) atoms. The van der Waals surface area contributed by atoms with E-state index >= 15 is 0 Å². The number of aromatic nitrogens is 2. The topological polar surface area (TPSA) is 140 Å². The minimum Gasteiger partial charge on any atom is -0.394 e. The summed E-state index contributed by atoms with van der Waals surface area (Å²) in [6.07, 6.45) is -1.73. The van der Waals surface area contributed by atoms with Crippen LogP contribution in [-0.4, -0.2) is 62.2 Å². The third-order valence-corrected chi connectivity index (χ3v) is 7.32. The minimum atomic E-state index is -1.72. The summed E-state index contributed by atoms with van der Waals surface area (Å²) in [5.74, 6) is -0.301. The maximum absolute atomic E-state index is 14.3. The number of benzene rings is 2. The van der Waals surface area contributed by atoms with Crippen LogP contribution in [0.2, 0.25) is 10.0 Å². The molecular weight excluding hydrogens is 580 g/mol. The first-order valence-corrected chi connectivity index (χ1v) is 13.8. The summed E-state index contributed by atoms with van der Waals surface area (Å²) in [5.41, 5.74) is 2.40. The molecule has 3 atom stereocenters. The first kappa shape index (κ1) is 29.9. The van der Waals surface area contributed by atoms with Crippen LogP contribution in [0.5, 0.6) is 0 Å². The summed E-state index contributed by atoms with van der Waals surface area (Å²) in [5, 5.41) is 39.7. The number of carbonyl (C=O) groups excluding carboxylic acids is 1. The fraction of sp³-hybridized carbons (Fsp3) is 0.296. The van der Waals surface area contributed by atoms with Crippen molar-refractivity contribution in [2.45, 2.75) is 37.8 Å². The van der Waals surface area contributed by atoms with Crippen molar-refractivity contribution in [1.82, 2.24) is 15.3 Å². The monoisotopic (exact) mass is 607 g/mol. The van der Waals surface area contributed by atoms with Crippen LogP contribution in [0, 0.1) is 0 Å². The molecule has 6 N–H and O–H groups in total. The first-order valence-electron chi connectivity index (χ1n) is 12.2. The number of halogens is 3. The molecule has 0 aliphatic heterocycles. The molecule has 212 valence electrons. The smallest absolute Gasteiger partial charge is 0.255 e. The van der Waals surface area contributed by atoms with Gasteiger partial charge in [0.15, 0.2) is 0 Å². The molecule has 4 aromatic rings. The number of alkyl halides is 1. The number of hydrogen-bond donors (Lipinski definition) is 6. The highest BCUT2D eigenvalue weighted by atomic mass is 35.5. The van der Waals surface area contributed by atoms with Crippen molar-refractivity contribution in [2.75, 3.05) is 23.8 Å². The second kappa shape index (κ2) is 12.6. The number of nitrogens with zero attached hydrogens (tertiary/aromatic N) is 2. The van der Waals surface area contributed by atoms with Gasteiger partial charge in [-0.25, -0.2) is 14.4 Å². The van der Waals surface area contributed by atoms with Crippen molar-refractivity contribution >= 4 is 67.9 Å². The lowest BCUT2D eigenvalue weighted by Gasteiger charge is -2.26. The number of hydrogen-bond acceptors (Lipinski definition) is 9. The second-order valence-corrected chi connectivity index (χ2v) is 11.4. The van der Waals surface area contributed by atoms with Crippen LogP contribution in [0.15, 0.2) is 54.2 Å². The molecule has 2 aromatic carbocycles. The second-order valence-electron chi connectivity index (χ2n) is 9.68. The molecule has 2 heterocycles. The molecule has 0 bridgehead atoms. The Morgan fingerprint density at radius 1 is 1.12 bits per heavy atom. The number of amides is 1. The fourth-order valence-electron chi connectivity index (χ4n) is 3.86. The Hall–Kier alpha value is -3.06. The van der Waals surface area contributed by atoms with E-state index in [-0.39, 0.29) is 11.3 Å². The van der Waals surface area contributed by atoms with E-state index in [2.05, 4.69) is 25.9 Å². The predicted octanol–water partition coefficient (Wildman–Crippen LogP) is 5.09. The molecule has 13 heteroatoms.